The van der Waals surface area contributed by atoms with E-state index in [9.17, 15) is 17.8 Å². The van der Waals surface area contributed by atoms with Crippen molar-refractivity contribution in [3.05, 3.63) is 0 Å². The van der Waals surface area contributed by atoms with Gasteiger partial charge < -0.3 is 45.1 Å². The van der Waals surface area contributed by atoms with E-state index in [2.05, 4.69) is 6.92 Å². The minimum atomic E-state index is -3.98. The summed E-state index contributed by atoms with van der Waals surface area (Å²) < 4.78 is 30.9. The summed E-state index contributed by atoms with van der Waals surface area (Å²) in [5.74, 6) is -0.191. The van der Waals surface area contributed by atoms with Crippen LogP contribution in [0.4, 0.5) is 0 Å². The topological polar surface area (TPSA) is 216 Å². The van der Waals surface area contributed by atoms with Crippen molar-refractivity contribution in [3.8, 4) is 0 Å². The van der Waals surface area contributed by atoms with Crippen LogP contribution in [0.5, 0.6) is 0 Å². The molecule has 0 spiro atoms. The Morgan fingerprint density at radius 1 is 0.758 bits per heavy atom. The van der Waals surface area contributed by atoms with Gasteiger partial charge in [0.2, 0.25) is 0 Å². The molecule has 13 heteroatoms. The maximum Gasteiger partial charge on any atom is 1.00 e. The maximum absolute atomic E-state index is 10.3. The molecule has 0 unspecified atom stereocenters. The third kappa shape index (κ3) is 32.3. The molecule has 0 radical (unpaired) electrons. The van der Waals surface area contributed by atoms with Gasteiger partial charge in [-0.15, -0.1) is 0 Å². The number of carbonyl (C=O) groups excluding carboxylic acids is 1. The number of carbonyl (C=O) groups is 1. The second-order valence-electron chi connectivity index (χ2n) is 7.25. The van der Waals surface area contributed by atoms with Gasteiger partial charge in [0.25, 0.3) is 0 Å². The van der Waals surface area contributed by atoms with Crippen molar-refractivity contribution in [1.29, 1.82) is 0 Å². The van der Waals surface area contributed by atoms with Gasteiger partial charge in [-0.1, -0.05) is 64.7 Å². The first kappa shape index (κ1) is 40.5. The minimum absolute atomic E-state index is 0. The van der Waals surface area contributed by atoms with Crippen LogP contribution in [0.2, 0.25) is 0 Å². The molecule has 0 aliphatic carbocycles. The monoisotopic (exact) mass is 514 g/mol. The second-order valence-corrected chi connectivity index (χ2v) is 8.77. The van der Waals surface area contributed by atoms with Gasteiger partial charge in [-0.25, -0.2) is 8.42 Å². The first-order chi connectivity index (χ1) is 15.0. The SMILES string of the molecule is CCCCCCCCCCCCS(=O)(=O)[O-].O=C[C@H](O)[C@@H](O)[C@H](O)[C@H](O)CO.OCCO.[Na+]. The molecule has 0 aromatic rings. The summed E-state index contributed by atoms with van der Waals surface area (Å²) in [6.45, 7) is 1.20. The Morgan fingerprint density at radius 3 is 1.45 bits per heavy atom. The van der Waals surface area contributed by atoms with E-state index in [-0.39, 0.29) is 54.8 Å². The summed E-state index contributed by atoms with van der Waals surface area (Å²) in [5.41, 5.74) is 0. The van der Waals surface area contributed by atoms with Crippen molar-refractivity contribution in [2.24, 2.45) is 0 Å². The van der Waals surface area contributed by atoms with E-state index >= 15 is 0 Å². The van der Waals surface area contributed by atoms with Crippen LogP contribution in [0, 0.1) is 0 Å². The zero-order valence-corrected chi connectivity index (χ0v) is 22.8. The fourth-order valence-corrected chi connectivity index (χ4v) is 2.94. The van der Waals surface area contributed by atoms with Gasteiger partial charge in [0.1, 0.15) is 24.4 Å². The number of rotatable bonds is 17. The van der Waals surface area contributed by atoms with Crippen LogP contribution >= 0.6 is 0 Å². The Labute approximate surface area is 219 Å². The molecule has 0 aliphatic heterocycles. The summed E-state index contributed by atoms with van der Waals surface area (Å²) >= 11 is 0. The number of aliphatic hydroxyl groups is 7. The molecule has 0 fully saturated rings. The fraction of sp³-hybridized carbons (Fsp3) is 0.950. The molecular weight excluding hydrogens is 471 g/mol. The van der Waals surface area contributed by atoms with E-state index in [1.54, 1.807) is 0 Å². The van der Waals surface area contributed by atoms with Crippen LogP contribution in [0.15, 0.2) is 0 Å². The van der Waals surface area contributed by atoms with Crippen molar-refractivity contribution >= 4 is 16.4 Å². The van der Waals surface area contributed by atoms with Crippen LogP contribution in [0.3, 0.4) is 0 Å². The zero-order chi connectivity index (χ0) is 25.4. The summed E-state index contributed by atoms with van der Waals surface area (Å²) in [6.07, 6.45) is 4.60. The van der Waals surface area contributed by atoms with E-state index in [0.717, 1.165) is 12.8 Å². The van der Waals surface area contributed by atoms with E-state index < -0.39 is 41.1 Å². The molecule has 0 aromatic heterocycles. The van der Waals surface area contributed by atoms with Gasteiger partial charge in [0.05, 0.1) is 29.9 Å². The second kappa shape index (κ2) is 28.5. The number of aliphatic hydroxyl groups excluding tert-OH is 7. The van der Waals surface area contributed by atoms with Crippen LogP contribution < -0.4 is 29.6 Å². The van der Waals surface area contributed by atoms with Crippen LogP contribution in [0.25, 0.3) is 0 Å². The number of aldehydes is 1. The molecule has 0 rings (SSSR count). The van der Waals surface area contributed by atoms with Gasteiger partial charge in [0, 0.05) is 5.75 Å². The van der Waals surface area contributed by atoms with Crippen molar-refractivity contribution in [3.63, 3.8) is 0 Å². The molecule has 0 saturated heterocycles. The Morgan fingerprint density at radius 2 is 1.15 bits per heavy atom. The summed E-state index contributed by atoms with van der Waals surface area (Å²) in [4.78, 5) is 9.90. The van der Waals surface area contributed by atoms with Gasteiger partial charge in [0.15, 0.2) is 6.29 Å². The van der Waals surface area contributed by atoms with Crippen molar-refractivity contribution in [1.82, 2.24) is 0 Å². The molecular formula is C20H43NaO11S. The number of unbranched alkanes of at least 4 members (excludes halogenated alkanes) is 9. The first-order valence-corrected chi connectivity index (χ1v) is 12.5. The number of hydrogen-bond acceptors (Lipinski definition) is 11. The number of hydrogen-bond donors (Lipinski definition) is 7. The average molecular weight is 515 g/mol. The molecule has 0 aromatic carbocycles. The summed E-state index contributed by atoms with van der Waals surface area (Å²) in [5, 5.41) is 58.8. The van der Waals surface area contributed by atoms with Crippen molar-refractivity contribution in [2.45, 2.75) is 95.5 Å². The summed E-state index contributed by atoms with van der Waals surface area (Å²) in [7, 11) is -3.98. The Bertz CT molecular complexity index is 492. The summed E-state index contributed by atoms with van der Waals surface area (Å²) in [6, 6.07) is 0. The third-order valence-electron chi connectivity index (χ3n) is 4.27. The van der Waals surface area contributed by atoms with Crippen LogP contribution in [-0.4, -0.2) is 105 Å². The quantitative estimate of drug-likeness (QED) is 0.0430. The predicted molar refractivity (Wildman–Crippen MR) is 118 cm³/mol. The average Bonchev–Trinajstić information content (AvgIpc) is 2.78. The molecule has 11 nitrogen and oxygen atoms in total. The molecule has 0 aliphatic rings. The molecule has 7 N–H and O–H groups in total. The van der Waals surface area contributed by atoms with Gasteiger partial charge >= 0.3 is 29.6 Å². The van der Waals surface area contributed by atoms with Crippen LogP contribution in [-0.2, 0) is 14.9 Å². The van der Waals surface area contributed by atoms with Gasteiger partial charge in [-0.05, 0) is 6.42 Å². The van der Waals surface area contributed by atoms with Gasteiger partial charge in [-0.3, -0.25) is 0 Å². The molecule has 0 bridgehead atoms. The largest absolute Gasteiger partial charge is 1.00 e. The molecule has 4 atom stereocenters. The smallest absolute Gasteiger partial charge is 0.748 e. The molecule has 196 valence electrons. The third-order valence-corrected chi connectivity index (χ3v) is 5.06. The zero-order valence-electron chi connectivity index (χ0n) is 20.0. The molecule has 0 amide bonds. The molecule has 33 heavy (non-hydrogen) atoms. The molecule has 0 heterocycles. The Hall–Kier alpha value is 0.300. The van der Waals surface area contributed by atoms with Crippen molar-refractivity contribution < 1.29 is 83.1 Å². The van der Waals surface area contributed by atoms with E-state index in [1.807, 2.05) is 0 Å². The Balaban J connectivity index is -0.000000219. The fourth-order valence-electron chi connectivity index (χ4n) is 2.38. The first-order valence-electron chi connectivity index (χ1n) is 11.0. The van der Waals surface area contributed by atoms with E-state index in [1.165, 1.54) is 44.9 Å². The standard InChI is InChI=1S/C12H26O3S.C6H12O6.C2H6O2.Na/c1-2-3-4-5-6-7-8-9-10-11-12-16(13,14)15;7-1-3(9)5(11)6(12)4(10)2-8;3-1-2-4;/h2-12H2,1H3,(H,13,14,15);1,3-6,8-12H,2H2;3-4H,1-2H2;/q;;;+1/p-1/t;3-,4+,5+,6+;;/m.0../s1. The minimum Gasteiger partial charge on any atom is -0.748 e. The van der Waals surface area contributed by atoms with Crippen LogP contribution in [0.1, 0.15) is 71.1 Å². The van der Waals surface area contributed by atoms with Gasteiger partial charge in [-0.2, -0.15) is 0 Å². The van der Waals surface area contributed by atoms with Crippen molar-refractivity contribution in [2.75, 3.05) is 25.6 Å². The predicted octanol–water partition coefficient (Wildman–Crippen LogP) is -3.95. The normalized spacial score (nSPS) is 14.3. The maximum atomic E-state index is 10.3. The Kier molecular flexibility index (Phi) is 35.0. The van der Waals surface area contributed by atoms with E-state index in [4.69, 9.17) is 35.7 Å². The van der Waals surface area contributed by atoms with E-state index in [0.29, 0.717) is 6.42 Å². The molecule has 0 saturated carbocycles.